The van der Waals surface area contributed by atoms with Crippen LogP contribution in [0.4, 0.5) is 4.79 Å². The SMILES string of the molecule is Cc1ccccc1CCNC(=O)NCCC(C)C(=O)O. The summed E-state index contributed by atoms with van der Waals surface area (Å²) in [7, 11) is 0. The van der Waals surface area contributed by atoms with E-state index in [0.29, 0.717) is 19.5 Å². The standard InChI is InChI=1S/C15H22N2O3/c1-11-5-3-4-6-13(11)8-10-17-15(20)16-9-7-12(2)14(18)19/h3-6,12H,7-10H2,1-2H3,(H,18,19)(H2,16,17,20). The van der Waals surface area contributed by atoms with Crippen LogP contribution in [0.3, 0.4) is 0 Å². The van der Waals surface area contributed by atoms with Crippen LogP contribution in [-0.4, -0.2) is 30.2 Å². The highest BCUT2D eigenvalue weighted by Crippen LogP contribution is 2.06. The number of urea groups is 1. The van der Waals surface area contributed by atoms with Gasteiger partial charge in [-0.25, -0.2) is 4.79 Å². The molecule has 1 unspecified atom stereocenters. The second-order valence-electron chi connectivity index (χ2n) is 4.89. The molecule has 0 radical (unpaired) electrons. The molecular formula is C15H22N2O3. The molecule has 0 aliphatic rings. The van der Waals surface area contributed by atoms with E-state index in [0.717, 1.165) is 6.42 Å². The van der Waals surface area contributed by atoms with Crippen LogP contribution >= 0.6 is 0 Å². The molecule has 110 valence electrons. The molecule has 5 heteroatoms. The molecular weight excluding hydrogens is 256 g/mol. The molecule has 1 aromatic carbocycles. The summed E-state index contributed by atoms with van der Waals surface area (Å²) in [5.41, 5.74) is 2.43. The molecule has 0 heterocycles. The lowest BCUT2D eigenvalue weighted by molar-refractivity contribution is -0.141. The van der Waals surface area contributed by atoms with Crippen molar-refractivity contribution >= 4 is 12.0 Å². The van der Waals surface area contributed by atoms with E-state index >= 15 is 0 Å². The Balaban J connectivity index is 2.18. The summed E-state index contributed by atoms with van der Waals surface area (Å²) in [5.74, 6) is -1.28. The van der Waals surface area contributed by atoms with Crippen LogP contribution in [0, 0.1) is 12.8 Å². The predicted octanol–water partition coefficient (Wildman–Crippen LogP) is 1.95. The van der Waals surface area contributed by atoms with E-state index in [1.165, 1.54) is 11.1 Å². The van der Waals surface area contributed by atoms with Gasteiger partial charge in [0.1, 0.15) is 0 Å². The number of carboxylic acid groups (broad SMARTS) is 1. The zero-order chi connectivity index (χ0) is 15.0. The van der Waals surface area contributed by atoms with Gasteiger partial charge in [-0.15, -0.1) is 0 Å². The molecule has 5 nitrogen and oxygen atoms in total. The number of aliphatic carboxylic acids is 1. The number of carboxylic acids is 1. The zero-order valence-corrected chi connectivity index (χ0v) is 12.0. The highest BCUT2D eigenvalue weighted by atomic mass is 16.4. The first kappa shape index (κ1) is 16.0. The average molecular weight is 278 g/mol. The minimum atomic E-state index is -0.841. The van der Waals surface area contributed by atoms with Crippen LogP contribution in [0.5, 0.6) is 0 Å². The molecule has 0 aliphatic carbocycles. The topological polar surface area (TPSA) is 78.4 Å². The third-order valence-electron chi connectivity index (χ3n) is 3.23. The Morgan fingerprint density at radius 3 is 2.50 bits per heavy atom. The van der Waals surface area contributed by atoms with Crippen molar-refractivity contribution < 1.29 is 14.7 Å². The van der Waals surface area contributed by atoms with Crippen molar-refractivity contribution in [1.29, 1.82) is 0 Å². The van der Waals surface area contributed by atoms with Gasteiger partial charge in [-0.1, -0.05) is 31.2 Å². The van der Waals surface area contributed by atoms with Crippen LogP contribution in [0.15, 0.2) is 24.3 Å². The van der Waals surface area contributed by atoms with Gasteiger partial charge < -0.3 is 15.7 Å². The Kier molecular flexibility index (Phi) is 6.56. The van der Waals surface area contributed by atoms with Crippen molar-refractivity contribution in [3.8, 4) is 0 Å². The van der Waals surface area contributed by atoms with Crippen molar-refractivity contribution in [3.63, 3.8) is 0 Å². The van der Waals surface area contributed by atoms with E-state index in [1.807, 2.05) is 31.2 Å². The first-order chi connectivity index (χ1) is 9.50. The molecule has 0 saturated carbocycles. The van der Waals surface area contributed by atoms with Crippen molar-refractivity contribution in [2.75, 3.05) is 13.1 Å². The molecule has 0 aliphatic heterocycles. The second kappa shape index (κ2) is 8.19. The van der Waals surface area contributed by atoms with Crippen molar-refractivity contribution in [1.82, 2.24) is 10.6 Å². The van der Waals surface area contributed by atoms with E-state index in [1.54, 1.807) is 6.92 Å². The minimum absolute atomic E-state index is 0.254. The minimum Gasteiger partial charge on any atom is -0.481 e. The molecule has 3 N–H and O–H groups in total. The van der Waals surface area contributed by atoms with Gasteiger partial charge in [0.2, 0.25) is 0 Å². The molecule has 1 aromatic rings. The maximum atomic E-state index is 11.5. The summed E-state index contributed by atoms with van der Waals surface area (Å²) >= 11 is 0. The number of hydrogen-bond acceptors (Lipinski definition) is 2. The largest absolute Gasteiger partial charge is 0.481 e. The Morgan fingerprint density at radius 2 is 1.85 bits per heavy atom. The Morgan fingerprint density at radius 1 is 1.20 bits per heavy atom. The zero-order valence-electron chi connectivity index (χ0n) is 12.0. The lowest BCUT2D eigenvalue weighted by atomic mass is 10.1. The maximum absolute atomic E-state index is 11.5. The van der Waals surface area contributed by atoms with E-state index in [-0.39, 0.29) is 6.03 Å². The molecule has 0 bridgehead atoms. The van der Waals surface area contributed by atoms with Gasteiger partial charge in [0, 0.05) is 13.1 Å². The van der Waals surface area contributed by atoms with E-state index < -0.39 is 11.9 Å². The average Bonchev–Trinajstić information content (AvgIpc) is 2.40. The number of nitrogens with one attached hydrogen (secondary N) is 2. The van der Waals surface area contributed by atoms with Crippen LogP contribution < -0.4 is 10.6 Å². The van der Waals surface area contributed by atoms with Crippen LogP contribution in [-0.2, 0) is 11.2 Å². The monoisotopic (exact) mass is 278 g/mol. The number of carbonyl (C=O) groups excluding carboxylic acids is 1. The molecule has 0 aromatic heterocycles. The number of rotatable bonds is 7. The third-order valence-corrected chi connectivity index (χ3v) is 3.23. The van der Waals surface area contributed by atoms with Gasteiger partial charge >= 0.3 is 12.0 Å². The number of amides is 2. The fraction of sp³-hybridized carbons (Fsp3) is 0.467. The van der Waals surface area contributed by atoms with Crippen LogP contribution in [0.1, 0.15) is 24.5 Å². The second-order valence-corrected chi connectivity index (χ2v) is 4.89. The lowest BCUT2D eigenvalue weighted by Crippen LogP contribution is -2.37. The molecule has 0 fully saturated rings. The quantitative estimate of drug-likeness (QED) is 0.713. The van der Waals surface area contributed by atoms with Crippen molar-refractivity contribution in [2.24, 2.45) is 5.92 Å². The van der Waals surface area contributed by atoms with Gasteiger partial charge in [0.25, 0.3) is 0 Å². The van der Waals surface area contributed by atoms with Gasteiger partial charge in [-0.2, -0.15) is 0 Å². The predicted molar refractivity (Wildman–Crippen MR) is 77.7 cm³/mol. The number of benzene rings is 1. The van der Waals surface area contributed by atoms with Gasteiger partial charge in [-0.05, 0) is 30.9 Å². The third kappa shape index (κ3) is 5.73. The normalized spacial score (nSPS) is 11.7. The first-order valence-corrected chi connectivity index (χ1v) is 6.79. The molecule has 1 atom stereocenters. The summed E-state index contributed by atoms with van der Waals surface area (Å²) in [4.78, 5) is 22.1. The van der Waals surface area contributed by atoms with Gasteiger partial charge in [-0.3, -0.25) is 4.79 Å². The number of carbonyl (C=O) groups is 2. The summed E-state index contributed by atoms with van der Waals surface area (Å²) < 4.78 is 0. The van der Waals surface area contributed by atoms with Gasteiger partial charge in [0.05, 0.1) is 5.92 Å². The molecule has 0 spiro atoms. The van der Waals surface area contributed by atoms with Gasteiger partial charge in [0.15, 0.2) is 0 Å². The highest BCUT2D eigenvalue weighted by molar-refractivity contribution is 5.74. The summed E-state index contributed by atoms with van der Waals surface area (Å²) in [6.45, 7) is 4.59. The number of aryl methyl sites for hydroxylation is 1. The molecule has 1 rings (SSSR count). The van der Waals surface area contributed by atoms with Crippen LogP contribution in [0.25, 0.3) is 0 Å². The Hall–Kier alpha value is -2.04. The smallest absolute Gasteiger partial charge is 0.314 e. The van der Waals surface area contributed by atoms with E-state index in [4.69, 9.17) is 5.11 Å². The summed E-state index contributed by atoms with van der Waals surface area (Å²) in [6, 6.07) is 7.81. The summed E-state index contributed by atoms with van der Waals surface area (Å²) in [5, 5.41) is 14.1. The fourth-order valence-corrected chi connectivity index (χ4v) is 1.79. The molecule has 2 amide bonds. The summed E-state index contributed by atoms with van der Waals surface area (Å²) in [6.07, 6.45) is 1.21. The number of hydrogen-bond donors (Lipinski definition) is 3. The highest BCUT2D eigenvalue weighted by Gasteiger charge is 2.10. The Bertz CT molecular complexity index is 460. The molecule has 20 heavy (non-hydrogen) atoms. The lowest BCUT2D eigenvalue weighted by Gasteiger charge is -2.10. The Labute approximate surface area is 119 Å². The van der Waals surface area contributed by atoms with Crippen LogP contribution in [0.2, 0.25) is 0 Å². The van der Waals surface area contributed by atoms with E-state index in [9.17, 15) is 9.59 Å². The first-order valence-electron chi connectivity index (χ1n) is 6.79. The van der Waals surface area contributed by atoms with E-state index in [2.05, 4.69) is 10.6 Å². The van der Waals surface area contributed by atoms with Crippen molar-refractivity contribution in [2.45, 2.75) is 26.7 Å². The van der Waals surface area contributed by atoms with Crippen molar-refractivity contribution in [3.05, 3.63) is 35.4 Å². The fourth-order valence-electron chi connectivity index (χ4n) is 1.79. The maximum Gasteiger partial charge on any atom is 0.314 e. The molecule has 0 saturated heterocycles.